The van der Waals surface area contributed by atoms with Gasteiger partial charge in [0, 0.05) is 31.6 Å². The summed E-state index contributed by atoms with van der Waals surface area (Å²) in [6.45, 7) is 3.83. The highest BCUT2D eigenvalue weighted by atomic mass is 16.2. The Kier molecular flexibility index (Phi) is 5.92. The molecule has 100 valence electrons. The van der Waals surface area contributed by atoms with E-state index in [0.29, 0.717) is 18.4 Å². The average molecular weight is 241 g/mol. The number of nitrogens with two attached hydrogens (primary N) is 1. The molecule has 0 aliphatic carbocycles. The Morgan fingerprint density at radius 3 is 2.47 bits per heavy atom. The summed E-state index contributed by atoms with van der Waals surface area (Å²) in [7, 11) is 4.23. The minimum absolute atomic E-state index is 0.210. The fourth-order valence-electron chi connectivity index (χ4n) is 2.37. The molecular weight excluding hydrogens is 214 g/mol. The van der Waals surface area contributed by atoms with Crippen molar-refractivity contribution in [2.24, 2.45) is 5.73 Å². The lowest BCUT2D eigenvalue weighted by Gasteiger charge is -2.35. The van der Waals surface area contributed by atoms with E-state index < -0.39 is 0 Å². The number of piperidine rings is 1. The Morgan fingerprint density at radius 2 is 2.00 bits per heavy atom. The van der Waals surface area contributed by atoms with Crippen molar-refractivity contribution in [3.63, 3.8) is 0 Å². The van der Waals surface area contributed by atoms with Crippen LogP contribution in [0.5, 0.6) is 0 Å². The van der Waals surface area contributed by atoms with E-state index in [2.05, 4.69) is 19.0 Å². The van der Waals surface area contributed by atoms with Crippen LogP contribution in [0.1, 0.15) is 39.0 Å². The monoisotopic (exact) mass is 241 g/mol. The van der Waals surface area contributed by atoms with E-state index in [4.69, 9.17) is 5.73 Å². The highest BCUT2D eigenvalue weighted by Crippen LogP contribution is 2.15. The standard InChI is InChI=1S/C13H27N3O/c1-11(14)5-4-6-13(17)16-9-7-12(8-10-16)15(2)3/h11-12H,4-10,14H2,1-3H3. The van der Waals surface area contributed by atoms with Crippen molar-refractivity contribution in [2.45, 2.75) is 51.1 Å². The molecule has 1 heterocycles. The second-order valence-corrected chi connectivity index (χ2v) is 5.45. The van der Waals surface area contributed by atoms with Gasteiger partial charge in [-0.3, -0.25) is 4.79 Å². The molecule has 0 spiro atoms. The molecule has 1 aliphatic heterocycles. The Bertz CT molecular complexity index is 233. The number of carbonyl (C=O) groups excluding carboxylic acids is 1. The summed E-state index contributed by atoms with van der Waals surface area (Å²) in [5, 5.41) is 0. The number of nitrogens with zero attached hydrogens (tertiary/aromatic N) is 2. The first-order chi connectivity index (χ1) is 8.00. The van der Waals surface area contributed by atoms with Gasteiger partial charge in [-0.05, 0) is 46.7 Å². The highest BCUT2D eigenvalue weighted by molar-refractivity contribution is 5.76. The summed E-state index contributed by atoms with van der Waals surface area (Å²) in [6.07, 6.45) is 4.73. The summed E-state index contributed by atoms with van der Waals surface area (Å²) in [5.41, 5.74) is 5.68. The third kappa shape index (κ3) is 5.04. The molecule has 0 aromatic rings. The lowest BCUT2D eigenvalue weighted by atomic mass is 10.0. The molecule has 2 N–H and O–H groups in total. The maximum Gasteiger partial charge on any atom is 0.222 e. The fourth-order valence-corrected chi connectivity index (χ4v) is 2.37. The van der Waals surface area contributed by atoms with Crippen molar-refractivity contribution in [2.75, 3.05) is 27.2 Å². The van der Waals surface area contributed by atoms with Gasteiger partial charge in [0.1, 0.15) is 0 Å². The minimum Gasteiger partial charge on any atom is -0.343 e. The predicted octanol–water partition coefficient (Wildman–Crippen LogP) is 1.06. The van der Waals surface area contributed by atoms with Gasteiger partial charge in [0.15, 0.2) is 0 Å². The van der Waals surface area contributed by atoms with E-state index >= 15 is 0 Å². The average Bonchev–Trinajstić information content (AvgIpc) is 2.28. The Hall–Kier alpha value is -0.610. The Morgan fingerprint density at radius 1 is 1.41 bits per heavy atom. The van der Waals surface area contributed by atoms with Crippen molar-refractivity contribution < 1.29 is 4.79 Å². The Balaban J connectivity index is 2.21. The van der Waals surface area contributed by atoms with Crippen molar-refractivity contribution in [1.82, 2.24) is 9.80 Å². The summed E-state index contributed by atoms with van der Waals surface area (Å²) in [5.74, 6) is 0.308. The number of hydrogen-bond donors (Lipinski definition) is 1. The topological polar surface area (TPSA) is 49.6 Å². The zero-order chi connectivity index (χ0) is 12.8. The molecule has 4 nitrogen and oxygen atoms in total. The van der Waals surface area contributed by atoms with Gasteiger partial charge in [-0.2, -0.15) is 0 Å². The molecule has 1 rings (SSSR count). The van der Waals surface area contributed by atoms with Gasteiger partial charge in [-0.25, -0.2) is 0 Å². The van der Waals surface area contributed by atoms with Crippen LogP contribution in [0.3, 0.4) is 0 Å². The van der Waals surface area contributed by atoms with Crippen LogP contribution in [0.25, 0.3) is 0 Å². The molecule has 0 radical (unpaired) electrons. The lowest BCUT2D eigenvalue weighted by Crippen LogP contribution is -2.44. The first-order valence-electron chi connectivity index (χ1n) is 6.70. The van der Waals surface area contributed by atoms with E-state index in [-0.39, 0.29) is 6.04 Å². The second kappa shape index (κ2) is 6.97. The lowest BCUT2D eigenvalue weighted by molar-refractivity contribution is -0.132. The smallest absolute Gasteiger partial charge is 0.222 e. The van der Waals surface area contributed by atoms with Gasteiger partial charge < -0.3 is 15.5 Å². The van der Waals surface area contributed by atoms with E-state index in [0.717, 1.165) is 38.8 Å². The quantitative estimate of drug-likeness (QED) is 0.783. The molecule has 1 amide bonds. The van der Waals surface area contributed by atoms with Gasteiger partial charge in [0.05, 0.1) is 0 Å². The van der Waals surface area contributed by atoms with E-state index in [1.807, 2.05) is 11.8 Å². The number of likely N-dealkylation sites (tertiary alicyclic amines) is 1. The summed E-state index contributed by atoms with van der Waals surface area (Å²) in [6, 6.07) is 0.852. The highest BCUT2D eigenvalue weighted by Gasteiger charge is 2.23. The molecule has 0 aromatic carbocycles. The molecule has 0 aromatic heterocycles. The van der Waals surface area contributed by atoms with Crippen LogP contribution in [0.15, 0.2) is 0 Å². The zero-order valence-corrected chi connectivity index (χ0v) is 11.5. The van der Waals surface area contributed by atoms with Crippen LogP contribution in [0.2, 0.25) is 0 Å². The minimum atomic E-state index is 0.210. The zero-order valence-electron chi connectivity index (χ0n) is 11.5. The first-order valence-corrected chi connectivity index (χ1v) is 6.70. The molecule has 17 heavy (non-hydrogen) atoms. The predicted molar refractivity (Wildman–Crippen MR) is 70.8 cm³/mol. The molecule has 1 unspecified atom stereocenters. The molecule has 1 atom stereocenters. The fraction of sp³-hybridized carbons (Fsp3) is 0.923. The molecule has 0 saturated carbocycles. The molecule has 1 fully saturated rings. The van der Waals surface area contributed by atoms with Crippen LogP contribution >= 0.6 is 0 Å². The summed E-state index contributed by atoms with van der Waals surface area (Å²) >= 11 is 0. The maximum absolute atomic E-state index is 11.9. The number of hydrogen-bond acceptors (Lipinski definition) is 3. The van der Waals surface area contributed by atoms with Gasteiger partial charge in [-0.15, -0.1) is 0 Å². The van der Waals surface area contributed by atoms with Gasteiger partial charge in [0.2, 0.25) is 5.91 Å². The normalized spacial score (nSPS) is 19.7. The van der Waals surface area contributed by atoms with Crippen LogP contribution in [0, 0.1) is 0 Å². The van der Waals surface area contributed by atoms with E-state index in [1.165, 1.54) is 0 Å². The molecule has 1 saturated heterocycles. The van der Waals surface area contributed by atoms with Crippen molar-refractivity contribution in [3.05, 3.63) is 0 Å². The molecule has 4 heteroatoms. The van der Waals surface area contributed by atoms with E-state index in [9.17, 15) is 4.79 Å². The summed E-state index contributed by atoms with van der Waals surface area (Å²) in [4.78, 5) is 16.2. The Labute approximate surface area is 105 Å². The van der Waals surface area contributed by atoms with E-state index in [1.54, 1.807) is 0 Å². The van der Waals surface area contributed by atoms with Crippen molar-refractivity contribution in [3.8, 4) is 0 Å². The van der Waals surface area contributed by atoms with Crippen molar-refractivity contribution >= 4 is 5.91 Å². The van der Waals surface area contributed by atoms with Crippen LogP contribution < -0.4 is 5.73 Å². The van der Waals surface area contributed by atoms with Gasteiger partial charge in [0.25, 0.3) is 0 Å². The first kappa shape index (κ1) is 14.5. The van der Waals surface area contributed by atoms with Crippen LogP contribution in [-0.4, -0.2) is 55.0 Å². The third-order valence-electron chi connectivity index (χ3n) is 3.60. The van der Waals surface area contributed by atoms with Gasteiger partial charge >= 0.3 is 0 Å². The molecule has 1 aliphatic rings. The second-order valence-electron chi connectivity index (χ2n) is 5.45. The number of carbonyl (C=O) groups is 1. The largest absolute Gasteiger partial charge is 0.343 e. The van der Waals surface area contributed by atoms with Crippen LogP contribution in [-0.2, 0) is 4.79 Å². The summed E-state index contributed by atoms with van der Waals surface area (Å²) < 4.78 is 0. The third-order valence-corrected chi connectivity index (χ3v) is 3.60. The maximum atomic E-state index is 11.9. The number of amides is 1. The molecular formula is C13H27N3O. The molecule has 0 bridgehead atoms. The SMILES string of the molecule is CC(N)CCCC(=O)N1CCC(N(C)C)CC1. The van der Waals surface area contributed by atoms with Crippen LogP contribution in [0.4, 0.5) is 0 Å². The van der Waals surface area contributed by atoms with Gasteiger partial charge in [-0.1, -0.05) is 0 Å². The number of rotatable bonds is 5. The van der Waals surface area contributed by atoms with Crippen molar-refractivity contribution in [1.29, 1.82) is 0 Å².